The largest absolute Gasteiger partial charge is 0.466 e. The van der Waals surface area contributed by atoms with Crippen molar-refractivity contribution < 1.29 is 22.7 Å². The summed E-state index contributed by atoms with van der Waals surface area (Å²) in [5, 5.41) is 2.60. The van der Waals surface area contributed by atoms with Gasteiger partial charge in [0.15, 0.2) is 6.23 Å². The Balaban J connectivity index is 1.88. The molecule has 2 aromatic carbocycles. The van der Waals surface area contributed by atoms with Crippen LogP contribution in [-0.2, 0) is 6.18 Å². The van der Waals surface area contributed by atoms with E-state index in [-0.39, 0.29) is 5.91 Å². The Labute approximate surface area is 118 Å². The SMILES string of the molecule is O=C1N[C@@H](c2ccc(C(F)(F)F)cc2)Oc2ccccc21. The summed E-state index contributed by atoms with van der Waals surface area (Å²) in [7, 11) is 0. The van der Waals surface area contributed by atoms with Gasteiger partial charge in [-0.3, -0.25) is 4.79 Å². The number of para-hydroxylation sites is 1. The summed E-state index contributed by atoms with van der Waals surface area (Å²) in [4.78, 5) is 11.9. The molecule has 0 fully saturated rings. The molecule has 1 aliphatic rings. The van der Waals surface area contributed by atoms with Crippen molar-refractivity contribution in [3.8, 4) is 5.75 Å². The number of hydrogen-bond acceptors (Lipinski definition) is 2. The maximum atomic E-state index is 12.5. The zero-order valence-electron chi connectivity index (χ0n) is 10.6. The molecule has 108 valence electrons. The van der Waals surface area contributed by atoms with Gasteiger partial charge in [-0.1, -0.05) is 24.3 Å². The molecule has 21 heavy (non-hydrogen) atoms. The van der Waals surface area contributed by atoms with E-state index in [0.29, 0.717) is 16.9 Å². The van der Waals surface area contributed by atoms with Gasteiger partial charge >= 0.3 is 6.18 Å². The molecule has 1 aliphatic heterocycles. The van der Waals surface area contributed by atoms with Crippen LogP contribution in [0.25, 0.3) is 0 Å². The van der Waals surface area contributed by atoms with E-state index in [1.54, 1.807) is 24.3 Å². The third-order valence-electron chi connectivity index (χ3n) is 3.18. The first-order valence-electron chi connectivity index (χ1n) is 6.19. The molecule has 1 amide bonds. The van der Waals surface area contributed by atoms with E-state index in [2.05, 4.69) is 5.32 Å². The Morgan fingerprint density at radius 1 is 1.00 bits per heavy atom. The van der Waals surface area contributed by atoms with Gasteiger partial charge in [0.2, 0.25) is 0 Å². The molecule has 0 unspecified atom stereocenters. The van der Waals surface area contributed by atoms with Crippen molar-refractivity contribution in [1.29, 1.82) is 0 Å². The molecule has 0 spiro atoms. The Morgan fingerprint density at radius 2 is 1.67 bits per heavy atom. The highest BCUT2D eigenvalue weighted by Gasteiger charge is 2.31. The Hall–Kier alpha value is -2.50. The maximum absolute atomic E-state index is 12.5. The number of benzene rings is 2. The van der Waals surface area contributed by atoms with Crippen molar-refractivity contribution in [3.05, 3.63) is 65.2 Å². The molecular weight excluding hydrogens is 283 g/mol. The van der Waals surface area contributed by atoms with Gasteiger partial charge in [0.25, 0.3) is 5.91 Å². The van der Waals surface area contributed by atoms with Crippen LogP contribution in [0.15, 0.2) is 48.5 Å². The molecule has 0 saturated carbocycles. The predicted molar refractivity (Wildman–Crippen MR) is 68.7 cm³/mol. The average Bonchev–Trinajstić information content (AvgIpc) is 2.46. The Morgan fingerprint density at radius 3 is 2.33 bits per heavy atom. The summed E-state index contributed by atoms with van der Waals surface area (Å²) >= 11 is 0. The Bertz CT molecular complexity index is 680. The lowest BCUT2D eigenvalue weighted by Gasteiger charge is -2.27. The first kappa shape index (κ1) is 13.5. The summed E-state index contributed by atoms with van der Waals surface area (Å²) in [6.45, 7) is 0. The second kappa shape index (κ2) is 4.80. The van der Waals surface area contributed by atoms with Gasteiger partial charge in [-0.05, 0) is 24.3 Å². The van der Waals surface area contributed by atoms with Crippen LogP contribution in [0.2, 0.25) is 0 Å². The minimum Gasteiger partial charge on any atom is -0.466 e. The molecule has 0 radical (unpaired) electrons. The number of ether oxygens (including phenoxy) is 1. The standard InChI is InChI=1S/C15H10F3NO2/c16-15(17,18)10-7-5-9(6-8-10)14-19-13(20)11-3-1-2-4-12(11)21-14/h1-8,14H,(H,19,20)/t14-/m1/s1. The molecule has 0 aliphatic carbocycles. The number of amides is 1. The molecule has 0 bridgehead atoms. The van der Waals surface area contributed by atoms with Crippen LogP contribution in [0, 0.1) is 0 Å². The fraction of sp³-hybridized carbons (Fsp3) is 0.133. The summed E-state index contributed by atoms with van der Waals surface area (Å²) in [5.74, 6) is 0.0906. The average molecular weight is 293 g/mol. The van der Waals surface area contributed by atoms with E-state index in [4.69, 9.17) is 4.74 Å². The van der Waals surface area contributed by atoms with Crippen LogP contribution in [0.1, 0.15) is 27.7 Å². The van der Waals surface area contributed by atoms with E-state index in [1.807, 2.05) is 0 Å². The molecule has 0 aromatic heterocycles. The smallest absolute Gasteiger partial charge is 0.416 e. The molecule has 1 N–H and O–H groups in total. The van der Waals surface area contributed by atoms with Gasteiger partial charge in [-0.2, -0.15) is 13.2 Å². The zero-order chi connectivity index (χ0) is 15.0. The molecule has 0 saturated heterocycles. The second-order valence-corrected chi connectivity index (χ2v) is 4.59. The lowest BCUT2D eigenvalue weighted by molar-refractivity contribution is -0.137. The summed E-state index contributed by atoms with van der Waals surface area (Å²) in [5.41, 5.74) is 0.111. The van der Waals surface area contributed by atoms with Crippen LogP contribution >= 0.6 is 0 Å². The number of carbonyl (C=O) groups excluding carboxylic acids is 1. The third-order valence-corrected chi connectivity index (χ3v) is 3.18. The van der Waals surface area contributed by atoms with Crippen LogP contribution < -0.4 is 10.1 Å². The van der Waals surface area contributed by atoms with Crippen molar-refractivity contribution in [2.75, 3.05) is 0 Å². The fourth-order valence-electron chi connectivity index (χ4n) is 2.11. The first-order valence-corrected chi connectivity index (χ1v) is 6.19. The predicted octanol–water partition coefficient (Wildman–Crippen LogP) is 3.53. The van der Waals surface area contributed by atoms with Gasteiger partial charge in [0.1, 0.15) is 5.75 Å². The van der Waals surface area contributed by atoms with Crippen LogP contribution in [0.5, 0.6) is 5.75 Å². The molecule has 2 aromatic rings. The molecule has 1 heterocycles. The quantitative estimate of drug-likeness (QED) is 0.873. The number of nitrogens with one attached hydrogen (secondary N) is 1. The summed E-state index contributed by atoms with van der Waals surface area (Å²) in [6.07, 6.45) is -5.18. The summed E-state index contributed by atoms with van der Waals surface area (Å²) < 4.78 is 43.2. The van der Waals surface area contributed by atoms with E-state index in [1.165, 1.54) is 12.1 Å². The lowest BCUT2D eigenvalue weighted by Crippen LogP contribution is -2.36. The molecule has 6 heteroatoms. The van der Waals surface area contributed by atoms with E-state index < -0.39 is 18.0 Å². The van der Waals surface area contributed by atoms with Crippen molar-refractivity contribution >= 4 is 5.91 Å². The number of halogens is 3. The van der Waals surface area contributed by atoms with Crippen LogP contribution in [-0.4, -0.2) is 5.91 Å². The van der Waals surface area contributed by atoms with Gasteiger partial charge in [-0.25, -0.2) is 0 Å². The van der Waals surface area contributed by atoms with Gasteiger partial charge in [0.05, 0.1) is 11.1 Å². The maximum Gasteiger partial charge on any atom is 0.416 e. The second-order valence-electron chi connectivity index (χ2n) is 4.59. The van der Waals surface area contributed by atoms with Crippen molar-refractivity contribution in [2.45, 2.75) is 12.4 Å². The number of fused-ring (bicyclic) bond motifs is 1. The number of carbonyl (C=O) groups is 1. The minimum atomic E-state index is -4.39. The summed E-state index contributed by atoms with van der Waals surface area (Å²) in [6, 6.07) is 11.2. The van der Waals surface area contributed by atoms with Crippen LogP contribution in [0.3, 0.4) is 0 Å². The molecule has 3 nitrogen and oxygen atoms in total. The van der Waals surface area contributed by atoms with Crippen molar-refractivity contribution in [1.82, 2.24) is 5.32 Å². The number of hydrogen-bond donors (Lipinski definition) is 1. The highest BCUT2D eigenvalue weighted by atomic mass is 19.4. The fourth-order valence-corrected chi connectivity index (χ4v) is 2.11. The van der Waals surface area contributed by atoms with E-state index in [0.717, 1.165) is 12.1 Å². The minimum absolute atomic E-state index is 0.318. The highest BCUT2D eigenvalue weighted by Crippen LogP contribution is 2.32. The molecule has 3 rings (SSSR count). The zero-order valence-corrected chi connectivity index (χ0v) is 10.6. The molecule has 1 atom stereocenters. The Kier molecular flexibility index (Phi) is 3.08. The molecular formula is C15H10F3NO2. The van der Waals surface area contributed by atoms with Crippen LogP contribution in [0.4, 0.5) is 13.2 Å². The van der Waals surface area contributed by atoms with Gasteiger partial charge < -0.3 is 10.1 Å². The van der Waals surface area contributed by atoms with Gasteiger partial charge in [-0.15, -0.1) is 0 Å². The third kappa shape index (κ3) is 2.56. The van der Waals surface area contributed by atoms with Crippen molar-refractivity contribution in [3.63, 3.8) is 0 Å². The van der Waals surface area contributed by atoms with Crippen molar-refractivity contribution in [2.24, 2.45) is 0 Å². The number of alkyl halides is 3. The lowest BCUT2D eigenvalue weighted by atomic mass is 10.1. The highest BCUT2D eigenvalue weighted by molar-refractivity contribution is 5.97. The van der Waals surface area contributed by atoms with E-state index in [9.17, 15) is 18.0 Å². The first-order chi connectivity index (χ1) is 9.95. The normalized spacial score (nSPS) is 17.7. The van der Waals surface area contributed by atoms with Gasteiger partial charge in [0, 0.05) is 5.56 Å². The monoisotopic (exact) mass is 293 g/mol. The number of rotatable bonds is 1. The topological polar surface area (TPSA) is 38.3 Å². The van der Waals surface area contributed by atoms with E-state index >= 15 is 0 Å².